The summed E-state index contributed by atoms with van der Waals surface area (Å²) < 4.78 is 2.06. The van der Waals surface area contributed by atoms with Gasteiger partial charge in [-0.2, -0.15) is 10.2 Å². The lowest BCUT2D eigenvalue weighted by atomic mass is 10.1. The smallest absolute Gasteiger partial charge is 0.158 e. The van der Waals surface area contributed by atoms with Crippen molar-refractivity contribution in [3.63, 3.8) is 0 Å². The second-order valence-corrected chi connectivity index (χ2v) is 10.8. The minimum Gasteiger partial charge on any atom is -0.374 e. The maximum absolute atomic E-state index is 6.74. The molecule has 5 heterocycles. The second kappa shape index (κ2) is 9.46. The van der Waals surface area contributed by atoms with E-state index in [1.807, 2.05) is 67.8 Å². The summed E-state index contributed by atoms with van der Waals surface area (Å²) in [6, 6.07) is 15.8. The van der Waals surface area contributed by atoms with Gasteiger partial charge in [-0.3, -0.25) is 9.67 Å². The molecule has 3 aromatic heterocycles. The van der Waals surface area contributed by atoms with Crippen molar-refractivity contribution in [2.75, 3.05) is 23.5 Å². The van der Waals surface area contributed by atoms with Crippen molar-refractivity contribution in [1.82, 2.24) is 35.0 Å². The topological polar surface area (TPSA) is 109 Å². The largest absolute Gasteiger partial charge is 0.374 e. The summed E-state index contributed by atoms with van der Waals surface area (Å²) in [6.07, 6.45) is 7.88. The zero-order valence-electron chi connectivity index (χ0n) is 22.2. The minimum atomic E-state index is 0.393. The fraction of sp³-hybridized carbons (Fsp3) is 0.200. The zero-order valence-corrected chi connectivity index (χ0v) is 23.0. The number of para-hydroxylation sites is 1. The van der Waals surface area contributed by atoms with Crippen LogP contribution in [0.4, 0.5) is 22.7 Å². The Bertz CT molecular complexity index is 1940. The van der Waals surface area contributed by atoms with E-state index in [1.54, 1.807) is 5.06 Å². The van der Waals surface area contributed by atoms with Crippen LogP contribution in [-0.4, -0.2) is 42.8 Å². The maximum atomic E-state index is 6.74. The molecule has 0 unspecified atom stereocenters. The van der Waals surface area contributed by atoms with Crippen LogP contribution in [0.3, 0.4) is 0 Å². The van der Waals surface area contributed by atoms with E-state index < -0.39 is 0 Å². The van der Waals surface area contributed by atoms with E-state index in [0.717, 1.165) is 82.1 Å². The molecule has 0 bridgehead atoms. The van der Waals surface area contributed by atoms with E-state index in [4.69, 9.17) is 26.4 Å². The Morgan fingerprint density at radius 2 is 1.88 bits per heavy atom. The average molecular weight is 564 g/mol. The summed E-state index contributed by atoms with van der Waals surface area (Å²) in [5, 5.41) is 14.0. The molecule has 11 heteroatoms. The van der Waals surface area contributed by atoms with E-state index in [0.29, 0.717) is 22.5 Å². The third kappa shape index (κ3) is 4.14. The van der Waals surface area contributed by atoms with E-state index >= 15 is 0 Å². The summed E-state index contributed by atoms with van der Waals surface area (Å²) in [5.74, 6) is 1.49. The minimum absolute atomic E-state index is 0.393. The number of imidazole rings is 1. The molecule has 1 saturated heterocycles. The van der Waals surface area contributed by atoms with Crippen molar-refractivity contribution in [3.8, 4) is 17.0 Å². The number of aromatic amines is 1. The highest BCUT2D eigenvalue weighted by molar-refractivity contribution is 6.34. The molecule has 10 nitrogen and oxygen atoms in total. The molecule has 3 N–H and O–H groups in total. The molecule has 41 heavy (non-hydrogen) atoms. The first-order chi connectivity index (χ1) is 20.1. The second-order valence-electron chi connectivity index (χ2n) is 10.4. The third-order valence-electron chi connectivity index (χ3n) is 7.71. The number of halogens is 1. The van der Waals surface area contributed by atoms with Crippen LogP contribution in [-0.2, 0) is 0 Å². The quantitative estimate of drug-likeness (QED) is 0.225. The number of hydrogen-bond acceptors (Lipinski definition) is 8. The van der Waals surface area contributed by atoms with Gasteiger partial charge in [-0.1, -0.05) is 17.7 Å². The molecule has 0 aliphatic carbocycles. The summed E-state index contributed by atoms with van der Waals surface area (Å²) in [4.78, 5) is 24.2. The van der Waals surface area contributed by atoms with Crippen molar-refractivity contribution >= 4 is 56.4 Å². The van der Waals surface area contributed by atoms with Gasteiger partial charge in [0, 0.05) is 17.8 Å². The standard InChI is InChI=1S/C30H26ClN9O/c1-17-35-22-6-5-20(13-25(22)36-17)41-40-27-8-7-23-28(29(27)37-24-4-2-3-21(31)30(24)40)38-26(15-33-23)18-14-34-39(16-18)19-9-11-32-12-10-19/h2-8,13-16,19,32,37H,9-12H2,1H3,(H,35,36). The van der Waals surface area contributed by atoms with Gasteiger partial charge in [0.2, 0.25) is 0 Å². The molecular formula is C30H26ClN9O. The number of rotatable bonds is 4. The number of nitrogens with one attached hydrogen (secondary N) is 3. The summed E-state index contributed by atoms with van der Waals surface area (Å²) in [7, 11) is 0. The van der Waals surface area contributed by atoms with Gasteiger partial charge < -0.3 is 20.5 Å². The fourth-order valence-corrected chi connectivity index (χ4v) is 5.94. The lowest BCUT2D eigenvalue weighted by Gasteiger charge is -2.33. The number of aryl methyl sites for hydroxylation is 1. The van der Waals surface area contributed by atoms with Gasteiger partial charge in [0.05, 0.1) is 57.1 Å². The van der Waals surface area contributed by atoms with Crippen molar-refractivity contribution < 1.29 is 4.84 Å². The van der Waals surface area contributed by atoms with E-state index in [1.165, 1.54) is 0 Å². The summed E-state index contributed by atoms with van der Waals surface area (Å²) >= 11 is 6.74. The number of nitrogens with zero attached hydrogens (tertiary/aromatic N) is 6. The highest BCUT2D eigenvalue weighted by Crippen LogP contribution is 2.49. The number of anilines is 4. The van der Waals surface area contributed by atoms with Crippen molar-refractivity contribution in [2.24, 2.45) is 0 Å². The third-order valence-corrected chi connectivity index (χ3v) is 8.01. The molecule has 204 valence electrons. The van der Waals surface area contributed by atoms with Gasteiger partial charge in [0.25, 0.3) is 0 Å². The van der Waals surface area contributed by atoms with Crippen LogP contribution in [0.2, 0.25) is 5.02 Å². The molecule has 6 aromatic rings. The van der Waals surface area contributed by atoms with E-state index in [2.05, 4.69) is 36.6 Å². The van der Waals surface area contributed by atoms with Gasteiger partial charge in [-0.15, -0.1) is 0 Å². The molecule has 0 atom stereocenters. The molecule has 2 aliphatic rings. The van der Waals surface area contributed by atoms with Crippen LogP contribution in [0.25, 0.3) is 33.3 Å². The summed E-state index contributed by atoms with van der Waals surface area (Å²) in [5.41, 5.74) is 8.06. The van der Waals surface area contributed by atoms with Crippen LogP contribution < -0.4 is 20.5 Å². The first-order valence-electron chi connectivity index (χ1n) is 13.7. The van der Waals surface area contributed by atoms with Crippen molar-refractivity contribution in [3.05, 3.63) is 78.0 Å². The molecule has 0 saturated carbocycles. The molecule has 8 rings (SSSR count). The Morgan fingerprint density at radius 1 is 1.00 bits per heavy atom. The Hall–Kier alpha value is -4.67. The maximum Gasteiger partial charge on any atom is 0.158 e. The number of fused-ring (bicyclic) bond motifs is 5. The highest BCUT2D eigenvalue weighted by Gasteiger charge is 2.29. The first kappa shape index (κ1) is 24.2. The fourth-order valence-electron chi connectivity index (χ4n) is 5.69. The molecule has 0 amide bonds. The zero-order chi connectivity index (χ0) is 27.5. The van der Waals surface area contributed by atoms with Gasteiger partial charge in [-0.25, -0.2) is 9.97 Å². The van der Waals surface area contributed by atoms with Crippen LogP contribution >= 0.6 is 11.6 Å². The molecule has 0 spiro atoms. The van der Waals surface area contributed by atoms with Gasteiger partial charge in [0.1, 0.15) is 22.7 Å². The number of hydrogen-bond donors (Lipinski definition) is 3. The number of H-pyrrole nitrogens is 1. The van der Waals surface area contributed by atoms with Gasteiger partial charge >= 0.3 is 0 Å². The Morgan fingerprint density at radius 3 is 2.78 bits per heavy atom. The number of piperidine rings is 1. The van der Waals surface area contributed by atoms with Crippen molar-refractivity contribution in [1.29, 1.82) is 0 Å². The Balaban J connectivity index is 1.22. The predicted octanol–water partition coefficient (Wildman–Crippen LogP) is 6.45. The normalized spacial score (nSPS) is 15.1. The van der Waals surface area contributed by atoms with E-state index in [-0.39, 0.29) is 0 Å². The number of aromatic nitrogens is 6. The molecule has 2 aliphatic heterocycles. The average Bonchev–Trinajstić information content (AvgIpc) is 3.63. The Labute approximate surface area is 240 Å². The molecule has 0 radical (unpaired) electrons. The predicted molar refractivity (Wildman–Crippen MR) is 160 cm³/mol. The molecular weight excluding hydrogens is 538 g/mol. The lowest BCUT2D eigenvalue weighted by Crippen LogP contribution is -2.29. The Kier molecular flexibility index (Phi) is 5.58. The van der Waals surface area contributed by atoms with Crippen LogP contribution in [0.5, 0.6) is 5.75 Å². The monoisotopic (exact) mass is 563 g/mol. The van der Waals surface area contributed by atoms with Gasteiger partial charge in [0.15, 0.2) is 5.75 Å². The number of benzene rings is 3. The van der Waals surface area contributed by atoms with E-state index in [9.17, 15) is 0 Å². The summed E-state index contributed by atoms with van der Waals surface area (Å²) in [6.45, 7) is 3.95. The van der Waals surface area contributed by atoms with Crippen LogP contribution in [0, 0.1) is 6.92 Å². The first-order valence-corrected chi connectivity index (χ1v) is 14.0. The highest BCUT2D eigenvalue weighted by atomic mass is 35.5. The lowest BCUT2D eigenvalue weighted by molar-refractivity contribution is 0.324. The van der Waals surface area contributed by atoms with Crippen LogP contribution in [0.15, 0.2) is 67.1 Å². The SMILES string of the molecule is Cc1nc2ccc(ON3c4ccc5ncc(-c6cnn(C7CCNCC7)c6)nc5c4Nc4cccc(Cl)c43)cc2[nH]1. The molecule has 3 aromatic carbocycles. The van der Waals surface area contributed by atoms with Crippen molar-refractivity contribution in [2.45, 2.75) is 25.8 Å². The van der Waals surface area contributed by atoms with Crippen LogP contribution in [0.1, 0.15) is 24.7 Å². The molecule has 1 fully saturated rings. The van der Waals surface area contributed by atoms with Gasteiger partial charge in [-0.05, 0) is 69.3 Å².